The van der Waals surface area contributed by atoms with Crippen LogP contribution < -0.4 is 16.3 Å². The molecule has 5 nitrogen and oxygen atoms in total. The van der Waals surface area contributed by atoms with E-state index in [1.807, 2.05) is 7.11 Å². The van der Waals surface area contributed by atoms with Crippen molar-refractivity contribution in [3.63, 3.8) is 0 Å². The number of methoxy groups -OCH3 is 1. The number of nitrogens with one attached hydrogen (secondary N) is 3. The van der Waals surface area contributed by atoms with E-state index in [4.69, 9.17) is 4.74 Å². The van der Waals surface area contributed by atoms with Gasteiger partial charge in [0, 0.05) is 19.9 Å². The summed E-state index contributed by atoms with van der Waals surface area (Å²) in [5.74, 6) is 2.15. The molecule has 3 N–H and O–H groups in total. The zero-order chi connectivity index (χ0) is 14.5. The fraction of sp³-hybridized carbons (Fsp3) is 0.938. The van der Waals surface area contributed by atoms with Crippen LogP contribution in [0.4, 0.5) is 0 Å². The van der Waals surface area contributed by atoms with Crippen molar-refractivity contribution < 1.29 is 4.74 Å². The van der Waals surface area contributed by atoms with Crippen LogP contribution >= 0.6 is 0 Å². The summed E-state index contributed by atoms with van der Waals surface area (Å²) in [6.45, 7) is 1.10. The lowest BCUT2D eigenvalue weighted by molar-refractivity contribution is 0.0649. The Morgan fingerprint density at radius 3 is 2.71 bits per heavy atom. The molecule has 0 amide bonds. The number of hydrogen-bond donors (Lipinski definition) is 3. The minimum atomic E-state index is 0.288. The highest BCUT2D eigenvalue weighted by Gasteiger charge is 2.34. The van der Waals surface area contributed by atoms with Crippen LogP contribution in [0.25, 0.3) is 0 Å². The lowest BCUT2D eigenvalue weighted by Gasteiger charge is -2.41. The van der Waals surface area contributed by atoms with Gasteiger partial charge < -0.3 is 4.74 Å². The zero-order valence-corrected chi connectivity index (χ0v) is 13.2. The fourth-order valence-electron chi connectivity index (χ4n) is 4.17. The third-order valence-corrected chi connectivity index (χ3v) is 5.57. The summed E-state index contributed by atoms with van der Waals surface area (Å²) in [6, 6.07) is 0. The van der Waals surface area contributed by atoms with Crippen molar-refractivity contribution in [1.29, 1.82) is 0 Å². The second-order valence-electron chi connectivity index (χ2n) is 6.89. The van der Waals surface area contributed by atoms with E-state index in [1.165, 1.54) is 51.4 Å². The van der Waals surface area contributed by atoms with Crippen LogP contribution in [0.1, 0.15) is 51.4 Å². The monoisotopic (exact) mass is 294 g/mol. The van der Waals surface area contributed by atoms with E-state index in [9.17, 15) is 0 Å². The first-order chi connectivity index (χ1) is 10.4. The third kappa shape index (κ3) is 3.96. The van der Waals surface area contributed by atoms with Gasteiger partial charge in [-0.25, -0.2) is 5.43 Å². The highest BCUT2D eigenvalue weighted by molar-refractivity contribution is 5.60. The van der Waals surface area contributed by atoms with Crippen molar-refractivity contribution >= 4 is 6.21 Å². The van der Waals surface area contributed by atoms with E-state index in [-0.39, 0.29) is 6.17 Å². The van der Waals surface area contributed by atoms with Gasteiger partial charge in [0.1, 0.15) is 6.17 Å². The Kier molecular flexibility index (Phi) is 5.49. The summed E-state index contributed by atoms with van der Waals surface area (Å²) in [6.07, 6.45) is 13.1. The topological polar surface area (TPSA) is 57.7 Å². The van der Waals surface area contributed by atoms with Crippen molar-refractivity contribution in [1.82, 2.24) is 16.3 Å². The maximum Gasteiger partial charge on any atom is 0.109 e. The number of hydrogen-bond acceptors (Lipinski definition) is 5. The molecule has 1 heterocycles. The van der Waals surface area contributed by atoms with Crippen LogP contribution in [0.2, 0.25) is 0 Å². The lowest BCUT2D eigenvalue weighted by atomic mass is 9.77. The Morgan fingerprint density at radius 2 is 1.90 bits per heavy atom. The highest BCUT2D eigenvalue weighted by atomic mass is 16.5. The first-order valence-corrected chi connectivity index (χ1v) is 8.66. The number of hydrazone groups is 1. The molecule has 2 saturated carbocycles. The lowest BCUT2D eigenvalue weighted by Crippen LogP contribution is -2.60. The Labute approximate surface area is 128 Å². The van der Waals surface area contributed by atoms with E-state index in [1.54, 1.807) is 0 Å². The Morgan fingerprint density at radius 1 is 1.10 bits per heavy atom. The molecule has 1 aliphatic heterocycles. The molecule has 3 atom stereocenters. The van der Waals surface area contributed by atoms with Crippen molar-refractivity contribution in [3.8, 4) is 0 Å². The van der Waals surface area contributed by atoms with Crippen LogP contribution in [-0.2, 0) is 4.74 Å². The van der Waals surface area contributed by atoms with Crippen LogP contribution in [0.5, 0.6) is 0 Å². The summed E-state index contributed by atoms with van der Waals surface area (Å²) < 4.78 is 5.42. The summed E-state index contributed by atoms with van der Waals surface area (Å²) >= 11 is 0. The maximum atomic E-state index is 5.42. The first-order valence-electron chi connectivity index (χ1n) is 8.66. The molecule has 3 rings (SSSR count). The molecule has 3 aliphatic rings. The van der Waals surface area contributed by atoms with Crippen molar-refractivity contribution in [2.45, 2.75) is 63.6 Å². The van der Waals surface area contributed by atoms with Gasteiger partial charge in [0.25, 0.3) is 0 Å². The molecule has 0 radical (unpaired) electrons. The number of nitrogens with zero attached hydrogens (tertiary/aromatic N) is 1. The SMILES string of the molecule is COC1CCC(/C=N\NC2NNCC3CCCCC32)CC1. The van der Waals surface area contributed by atoms with Crippen molar-refractivity contribution in [2.24, 2.45) is 22.9 Å². The summed E-state index contributed by atoms with van der Waals surface area (Å²) in [5.41, 5.74) is 10.1. The average molecular weight is 294 g/mol. The molecule has 1 saturated heterocycles. The van der Waals surface area contributed by atoms with Gasteiger partial charge in [-0.05, 0) is 56.3 Å². The van der Waals surface area contributed by atoms with Gasteiger partial charge in [0.05, 0.1) is 6.10 Å². The molecule has 0 aromatic carbocycles. The van der Waals surface area contributed by atoms with E-state index < -0.39 is 0 Å². The molecule has 0 bridgehead atoms. The molecule has 3 unspecified atom stereocenters. The predicted octanol–water partition coefficient (Wildman–Crippen LogP) is 2.01. The normalized spacial score (nSPS) is 40.9. The number of ether oxygens (including phenoxy) is 1. The number of hydrazine groups is 1. The van der Waals surface area contributed by atoms with E-state index >= 15 is 0 Å². The van der Waals surface area contributed by atoms with Gasteiger partial charge >= 0.3 is 0 Å². The quantitative estimate of drug-likeness (QED) is 0.548. The Balaban J connectivity index is 1.44. The third-order valence-electron chi connectivity index (χ3n) is 5.57. The maximum absolute atomic E-state index is 5.42. The molecular weight excluding hydrogens is 264 g/mol. The average Bonchev–Trinajstić information content (AvgIpc) is 2.56. The molecule has 0 spiro atoms. The minimum Gasteiger partial charge on any atom is -0.381 e. The molecule has 2 aliphatic carbocycles. The van der Waals surface area contributed by atoms with Gasteiger partial charge in [0.2, 0.25) is 0 Å². The Hall–Kier alpha value is -0.650. The Bertz CT molecular complexity index is 339. The smallest absolute Gasteiger partial charge is 0.109 e. The van der Waals surface area contributed by atoms with Gasteiger partial charge in [0.15, 0.2) is 0 Å². The van der Waals surface area contributed by atoms with Crippen molar-refractivity contribution in [2.75, 3.05) is 13.7 Å². The molecule has 0 aromatic rings. The van der Waals surface area contributed by atoms with Gasteiger partial charge in [-0.1, -0.05) is 12.8 Å². The summed E-state index contributed by atoms with van der Waals surface area (Å²) in [4.78, 5) is 0. The van der Waals surface area contributed by atoms with Crippen molar-refractivity contribution in [3.05, 3.63) is 0 Å². The second kappa shape index (κ2) is 7.56. The van der Waals surface area contributed by atoms with E-state index in [2.05, 4.69) is 27.6 Å². The molecule has 3 fully saturated rings. The molecular formula is C16H30N4O. The predicted molar refractivity (Wildman–Crippen MR) is 84.8 cm³/mol. The van der Waals surface area contributed by atoms with E-state index in [0.29, 0.717) is 12.0 Å². The van der Waals surface area contributed by atoms with Crippen LogP contribution in [0.15, 0.2) is 5.10 Å². The largest absolute Gasteiger partial charge is 0.381 e. The summed E-state index contributed by atoms with van der Waals surface area (Å²) in [7, 11) is 1.82. The fourth-order valence-corrected chi connectivity index (χ4v) is 4.17. The van der Waals surface area contributed by atoms with E-state index in [0.717, 1.165) is 18.4 Å². The second-order valence-corrected chi connectivity index (χ2v) is 6.89. The molecule has 120 valence electrons. The standard InChI is InChI=1S/C16H30N4O/c1-21-14-8-6-12(7-9-14)10-17-19-16-15-5-3-2-4-13(15)11-18-20-16/h10,12-16,18-20H,2-9,11H2,1H3/b17-10-. The van der Waals surface area contributed by atoms with Crippen LogP contribution in [0.3, 0.4) is 0 Å². The van der Waals surface area contributed by atoms with Gasteiger partial charge in [-0.15, -0.1) is 0 Å². The van der Waals surface area contributed by atoms with Crippen LogP contribution in [-0.4, -0.2) is 32.1 Å². The molecule has 21 heavy (non-hydrogen) atoms. The summed E-state index contributed by atoms with van der Waals surface area (Å²) in [5, 5.41) is 4.54. The van der Waals surface area contributed by atoms with Gasteiger partial charge in [-0.2, -0.15) is 5.10 Å². The highest BCUT2D eigenvalue weighted by Crippen LogP contribution is 2.32. The minimum absolute atomic E-state index is 0.288. The first kappa shape index (κ1) is 15.3. The number of rotatable bonds is 4. The van der Waals surface area contributed by atoms with Gasteiger partial charge in [-0.3, -0.25) is 10.9 Å². The molecule has 5 heteroatoms. The van der Waals surface area contributed by atoms with Crippen LogP contribution in [0, 0.1) is 17.8 Å². The zero-order valence-electron chi connectivity index (χ0n) is 13.2. The number of fused-ring (bicyclic) bond motifs is 1. The molecule has 0 aromatic heterocycles.